The van der Waals surface area contributed by atoms with Gasteiger partial charge in [-0.2, -0.15) is 0 Å². The molecule has 0 saturated heterocycles. The van der Waals surface area contributed by atoms with Crippen LogP contribution in [0, 0.1) is 6.92 Å². The minimum absolute atomic E-state index is 0.217. The van der Waals surface area contributed by atoms with E-state index in [0.717, 1.165) is 35.5 Å². The Balaban J connectivity index is 1.51. The molecule has 0 fully saturated rings. The first-order valence-corrected chi connectivity index (χ1v) is 13.2. The van der Waals surface area contributed by atoms with Crippen LogP contribution in [0.2, 0.25) is 0 Å². The number of rotatable bonds is 9. The van der Waals surface area contributed by atoms with Gasteiger partial charge in [-0.15, -0.1) is 0 Å². The molecule has 0 aromatic heterocycles. The standard InChI is InChI=1S/C36H33NO/c1-28-14-20-33(21-15-28)37(34-22-16-29(17-23-34)9-8-26-38)35-24-18-30(19-25-35)27-36(31-10-4-2-5-11-31)32-12-6-3-7-13-32/h2-7,10-25,27,38H,8-9,26H2,1H3. The van der Waals surface area contributed by atoms with Crippen LogP contribution in [0.4, 0.5) is 17.1 Å². The Morgan fingerprint density at radius 3 is 1.58 bits per heavy atom. The number of aryl methyl sites for hydroxylation is 2. The SMILES string of the molecule is Cc1ccc(N(c2ccc(C=C(c3ccccc3)c3ccccc3)cc2)c2ccc(CCCO)cc2)cc1. The van der Waals surface area contributed by atoms with Crippen molar-refractivity contribution in [2.24, 2.45) is 0 Å². The maximum absolute atomic E-state index is 9.18. The fraction of sp³-hybridized carbons (Fsp3) is 0.111. The summed E-state index contributed by atoms with van der Waals surface area (Å²) in [5.41, 5.74) is 10.6. The van der Waals surface area contributed by atoms with Gasteiger partial charge in [0, 0.05) is 23.7 Å². The number of benzene rings is 5. The van der Waals surface area contributed by atoms with Crippen LogP contribution in [-0.4, -0.2) is 11.7 Å². The van der Waals surface area contributed by atoms with Crippen LogP contribution < -0.4 is 4.90 Å². The fourth-order valence-corrected chi connectivity index (χ4v) is 4.69. The number of aliphatic hydroxyl groups excluding tert-OH is 1. The predicted octanol–water partition coefficient (Wildman–Crippen LogP) is 8.98. The molecule has 0 spiro atoms. The van der Waals surface area contributed by atoms with E-state index >= 15 is 0 Å². The van der Waals surface area contributed by atoms with Crippen LogP contribution >= 0.6 is 0 Å². The van der Waals surface area contributed by atoms with Crippen molar-refractivity contribution in [2.45, 2.75) is 19.8 Å². The average Bonchev–Trinajstić information content (AvgIpc) is 2.98. The van der Waals surface area contributed by atoms with Crippen LogP contribution in [-0.2, 0) is 6.42 Å². The third kappa shape index (κ3) is 6.11. The summed E-state index contributed by atoms with van der Waals surface area (Å²) < 4.78 is 0. The normalized spacial score (nSPS) is 10.7. The fourth-order valence-electron chi connectivity index (χ4n) is 4.69. The molecule has 0 saturated carbocycles. The molecule has 0 radical (unpaired) electrons. The van der Waals surface area contributed by atoms with E-state index in [2.05, 4.69) is 151 Å². The smallest absolute Gasteiger partial charge is 0.0462 e. The summed E-state index contributed by atoms with van der Waals surface area (Å²) in [6, 6.07) is 47.2. The molecule has 0 atom stereocenters. The minimum Gasteiger partial charge on any atom is -0.396 e. The summed E-state index contributed by atoms with van der Waals surface area (Å²) in [6.07, 6.45) is 3.93. The number of hydrogen-bond acceptors (Lipinski definition) is 2. The molecule has 0 aliphatic carbocycles. The highest BCUT2D eigenvalue weighted by Gasteiger charge is 2.13. The van der Waals surface area contributed by atoms with Crippen molar-refractivity contribution in [3.63, 3.8) is 0 Å². The lowest BCUT2D eigenvalue weighted by Crippen LogP contribution is -2.10. The Kier molecular flexibility index (Phi) is 8.13. The predicted molar refractivity (Wildman–Crippen MR) is 161 cm³/mol. The second-order valence-electron chi connectivity index (χ2n) is 9.55. The highest BCUT2D eigenvalue weighted by atomic mass is 16.2. The Morgan fingerprint density at radius 2 is 1.08 bits per heavy atom. The van der Waals surface area contributed by atoms with Gasteiger partial charge in [-0.1, -0.05) is 103 Å². The summed E-state index contributed by atoms with van der Waals surface area (Å²) in [4.78, 5) is 2.29. The molecule has 0 aliphatic rings. The van der Waals surface area contributed by atoms with Crippen molar-refractivity contribution >= 4 is 28.7 Å². The van der Waals surface area contributed by atoms with E-state index in [1.165, 1.54) is 27.8 Å². The van der Waals surface area contributed by atoms with Crippen LogP contribution in [0.5, 0.6) is 0 Å². The number of aliphatic hydroxyl groups is 1. The molecule has 2 heteroatoms. The van der Waals surface area contributed by atoms with Gasteiger partial charge in [-0.3, -0.25) is 0 Å². The first-order chi connectivity index (χ1) is 18.7. The van der Waals surface area contributed by atoms with Crippen molar-refractivity contribution < 1.29 is 5.11 Å². The van der Waals surface area contributed by atoms with Crippen molar-refractivity contribution in [3.05, 3.63) is 161 Å². The second kappa shape index (κ2) is 12.2. The van der Waals surface area contributed by atoms with Gasteiger partial charge in [-0.05, 0) is 90.1 Å². The molecule has 0 heterocycles. The first kappa shape index (κ1) is 25.3. The molecular formula is C36H33NO. The summed E-state index contributed by atoms with van der Waals surface area (Å²) in [7, 11) is 0. The average molecular weight is 496 g/mol. The zero-order valence-electron chi connectivity index (χ0n) is 21.8. The number of nitrogens with zero attached hydrogens (tertiary/aromatic N) is 1. The molecule has 2 nitrogen and oxygen atoms in total. The van der Waals surface area contributed by atoms with E-state index in [4.69, 9.17) is 0 Å². The third-order valence-corrected chi connectivity index (χ3v) is 6.74. The van der Waals surface area contributed by atoms with Gasteiger partial charge in [0.1, 0.15) is 0 Å². The lowest BCUT2D eigenvalue weighted by molar-refractivity contribution is 0.288. The van der Waals surface area contributed by atoms with Gasteiger partial charge in [0.05, 0.1) is 0 Å². The zero-order chi connectivity index (χ0) is 26.2. The van der Waals surface area contributed by atoms with Crippen LogP contribution in [0.25, 0.3) is 11.6 Å². The Labute approximate surface area is 226 Å². The summed E-state index contributed by atoms with van der Waals surface area (Å²) in [6.45, 7) is 2.33. The first-order valence-electron chi connectivity index (χ1n) is 13.2. The summed E-state index contributed by atoms with van der Waals surface area (Å²) in [5, 5.41) is 9.18. The zero-order valence-corrected chi connectivity index (χ0v) is 21.8. The molecule has 5 rings (SSSR count). The van der Waals surface area contributed by atoms with E-state index in [1.54, 1.807) is 0 Å². The molecule has 5 aromatic rings. The van der Waals surface area contributed by atoms with Crippen molar-refractivity contribution in [1.29, 1.82) is 0 Å². The van der Waals surface area contributed by atoms with Crippen LogP contribution in [0.3, 0.4) is 0 Å². The quantitative estimate of drug-likeness (QED) is 0.206. The van der Waals surface area contributed by atoms with Crippen molar-refractivity contribution in [3.8, 4) is 0 Å². The molecule has 38 heavy (non-hydrogen) atoms. The monoisotopic (exact) mass is 495 g/mol. The van der Waals surface area contributed by atoms with Crippen LogP contribution in [0.1, 0.15) is 34.2 Å². The van der Waals surface area contributed by atoms with Crippen LogP contribution in [0.15, 0.2) is 133 Å². The summed E-state index contributed by atoms with van der Waals surface area (Å²) in [5.74, 6) is 0. The van der Waals surface area contributed by atoms with E-state index < -0.39 is 0 Å². The number of hydrogen-bond donors (Lipinski definition) is 1. The largest absolute Gasteiger partial charge is 0.396 e. The maximum Gasteiger partial charge on any atom is 0.0462 e. The number of anilines is 3. The highest BCUT2D eigenvalue weighted by Crippen LogP contribution is 2.35. The molecule has 188 valence electrons. The van der Waals surface area contributed by atoms with Gasteiger partial charge in [0.2, 0.25) is 0 Å². The van der Waals surface area contributed by atoms with Gasteiger partial charge in [0.15, 0.2) is 0 Å². The van der Waals surface area contributed by atoms with Gasteiger partial charge >= 0.3 is 0 Å². The van der Waals surface area contributed by atoms with Gasteiger partial charge in [-0.25, -0.2) is 0 Å². The third-order valence-electron chi connectivity index (χ3n) is 6.74. The second-order valence-corrected chi connectivity index (χ2v) is 9.55. The van der Waals surface area contributed by atoms with E-state index in [-0.39, 0.29) is 6.61 Å². The maximum atomic E-state index is 9.18. The van der Waals surface area contributed by atoms with E-state index in [9.17, 15) is 5.11 Å². The minimum atomic E-state index is 0.217. The molecule has 1 N–H and O–H groups in total. The Hall–Kier alpha value is -4.40. The molecule has 0 aliphatic heterocycles. The molecule has 5 aromatic carbocycles. The van der Waals surface area contributed by atoms with Gasteiger partial charge in [0.25, 0.3) is 0 Å². The molecule has 0 unspecified atom stereocenters. The van der Waals surface area contributed by atoms with Crippen molar-refractivity contribution in [2.75, 3.05) is 11.5 Å². The molecule has 0 bridgehead atoms. The Bertz CT molecular complexity index is 1410. The van der Waals surface area contributed by atoms with E-state index in [1.807, 2.05) is 0 Å². The molecular weight excluding hydrogens is 462 g/mol. The van der Waals surface area contributed by atoms with Gasteiger partial charge < -0.3 is 10.0 Å². The Morgan fingerprint density at radius 1 is 0.605 bits per heavy atom. The lowest BCUT2D eigenvalue weighted by Gasteiger charge is -2.26. The highest BCUT2D eigenvalue weighted by molar-refractivity contribution is 5.91. The topological polar surface area (TPSA) is 23.5 Å². The molecule has 0 amide bonds. The lowest BCUT2D eigenvalue weighted by atomic mass is 9.95. The van der Waals surface area contributed by atoms with Crippen molar-refractivity contribution in [1.82, 2.24) is 0 Å². The van der Waals surface area contributed by atoms with E-state index in [0.29, 0.717) is 0 Å². The summed E-state index contributed by atoms with van der Waals surface area (Å²) >= 11 is 0.